The normalized spacial score (nSPS) is 18.6. The average Bonchev–Trinajstić information content (AvgIpc) is 3.43. The second kappa shape index (κ2) is 13.8. The summed E-state index contributed by atoms with van der Waals surface area (Å²) in [7, 11) is 0. The van der Waals surface area contributed by atoms with E-state index in [1.54, 1.807) is 10.4 Å². The molecule has 2 heterocycles. The summed E-state index contributed by atoms with van der Waals surface area (Å²) in [5.74, 6) is 1.79. The zero-order valence-corrected chi connectivity index (χ0v) is 23.4. The van der Waals surface area contributed by atoms with Crippen LogP contribution in [-0.2, 0) is 6.42 Å². The molecule has 2 heteroatoms. The Morgan fingerprint density at radius 3 is 2.03 bits per heavy atom. The van der Waals surface area contributed by atoms with Gasteiger partial charge in [-0.3, -0.25) is 0 Å². The van der Waals surface area contributed by atoms with Gasteiger partial charge >= 0.3 is 0 Å². The molecule has 4 rings (SSSR count). The number of benzene rings is 1. The Labute approximate surface area is 217 Å². The van der Waals surface area contributed by atoms with Gasteiger partial charge in [0.1, 0.15) is 0 Å². The van der Waals surface area contributed by atoms with Gasteiger partial charge in [0, 0.05) is 19.2 Å². The maximum absolute atomic E-state index is 2.45. The second-order valence-electron chi connectivity index (χ2n) is 10.8. The SMILES string of the molecule is CCCCCCCCCC1CCC(c2ccc(-c3cc4sc(CCCCC)cc4s3)cc2)CC1. The number of hydrogen-bond acceptors (Lipinski definition) is 2. The first-order chi connectivity index (χ1) is 16.8. The summed E-state index contributed by atoms with van der Waals surface area (Å²) in [5, 5.41) is 0. The highest BCUT2D eigenvalue weighted by Crippen LogP contribution is 2.41. The van der Waals surface area contributed by atoms with Crippen molar-refractivity contribution in [1.29, 1.82) is 0 Å². The van der Waals surface area contributed by atoms with E-state index in [2.05, 4.69) is 50.2 Å². The van der Waals surface area contributed by atoms with Gasteiger partial charge in [0.15, 0.2) is 0 Å². The quantitative estimate of drug-likeness (QED) is 0.195. The Balaban J connectivity index is 1.21. The highest BCUT2D eigenvalue weighted by molar-refractivity contribution is 7.29. The topological polar surface area (TPSA) is 0 Å². The highest BCUT2D eigenvalue weighted by atomic mass is 32.1. The molecule has 0 nitrogen and oxygen atoms in total. The largest absolute Gasteiger partial charge is 0.139 e. The van der Waals surface area contributed by atoms with Gasteiger partial charge in [0.25, 0.3) is 0 Å². The van der Waals surface area contributed by atoms with Crippen LogP contribution in [0.15, 0.2) is 36.4 Å². The van der Waals surface area contributed by atoms with Gasteiger partial charge < -0.3 is 0 Å². The molecule has 1 aliphatic rings. The lowest BCUT2D eigenvalue weighted by Crippen LogP contribution is -2.13. The fourth-order valence-electron chi connectivity index (χ4n) is 5.79. The molecule has 2 aromatic heterocycles. The van der Waals surface area contributed by atoms with Gasteiger partial charge in [0.05, 0.1) is 0 Å². The molecule has 0 bridgehead atoms. The van der Waals surface area contributed by atoms with E-state index in [0.717, 1.165) is 11.8 Å². The third-order valence-corrected chi connectivity index (χ3v) is 10.4. The van der Waals surface area contributed by atoms with E-state index >= 15 is 0 Å². The molecule has 0 unspecified atom stereocenters. The third-order valence-electron chi connectivity index (χ3n) is 8.01. The van der Waals surface area contributed by atoms with Crippen molar-refractivity contribution >= 4 is 32.1 Å². The van der Waals surface area contributed by atoms with Crippen molar-refractivity contribution in [3.8, 4) is 10.4 Å². The highest BCUT2D eigenvalue weighted by Gasteiger charge is 2.22. The van der Waals surface area contributed by atoms with E-state index in [4.69, 9.17) is 0 Å². The fourth-order valence-corrected chi connectivity index (χ4v) is 8.26. The van der Waals surface area contributed by atoms with Gasteiger partial charge in [-0.15, -0.1) is 22.7 Å². The van der Waals surface area contributed by atoms with Crippen molar-refractivity contribution in [3.05, 3.63) is 46.8 Å². The van der Waals surface area contributed by atoms with Gasteiger partial charge in [0.2, 0.25) is 0 Å². The zero-order chi connectivity index (χ0) is 23.6. The Morgan fingerprint density at radius 2 is 1.32 bits per heavy atom. The van der Waals surface area contributed by atoms with E-state index < -0.39 is 0 Å². The molecule has 0 N–H and O–H groups in total. The fraction of sp³-hybridized carbons (Fsp3) is 0.625. The molecule has 186 valence electrons. The lowest BCUT2D eigenvalue weighted by Gasteiger charge is -2.29. The molecule has 0 spiro atoms. The first-order valence-electron chi connectivity index (χ1n) is 14.4. The maximum atomic E-state index is 2.45. The predicted octanol–water partition coefficient (Wildman–Crippen LogP) is 11.8. The van der Waals surface area contributed by atoms with Crippen molar-refractivity contribution in [3.63, 3.8) is 0 Å². The lowest BCUT2D eigenvalue weighted by molar-refractivity contribution is 0.302. The molecule has 0 amide bonds. The van der Waals surface area contributed by atoms with Gasteiger partial charge in [-0.1, -0.05) is 102 Å². The first kappa shape index (κ1) is 26.0. The van der Waals surface area contributed by atoms with Crippen molar-refractivity contribution in [2.75, 3.05) is 0 Å². The molecule has 1 aromatic carbocycles. The summed E-state index contributed by atoms with van der Waals surface area (Å²) < 4.78 is 2.96. The van der Waals surface area contributed by atoms with Crippen molar-refractivity contribution in [1.82, 2.24) is 0 Å². The molecule has 0 aliphatic heterocycles. The molecule has 34 heavy (non-hydrogen) atoms. The van der Waals surface area contributed by atoms with Crippen LogP contribution in [0.3, 0.4) is 0 Å². The van der Waals surface area contributed by atoms with Gasteiger partial charge in [-0.25, -0.2) is 0 Å². The molecule has 0 radical (unpaired) electrons. The van der Waals surface area contributed by atoms with Crippen LogP contribution in [0.2, 0.25) is 0 Å². The van der Waals surface area contributed by atoms with Gasteiger partial charge in [-0.2, -0.15) is 0 Å². The molecule has 0 atom stereocenters. The van der Waals surface area contributed by atoms with Crippen LogP contribution in [0.5, 0.6) is 0 Å². The Hall–Kier alpha value is -1.12. The summed E-state index contributed by atoms with van der Waals surface area (Å²) in [4.78, 5) is 3.01. The van der Waals surface area contributed by atoms with E-state index in [0.29, 0.717) is 0 Å². The molecule has 1 fully saturated rings. The standard InChI is InChI=1S/C32H46S2/c1-3-5-7-8-9-10-12-13-25-15-17-26(18-16-25)27-19-21-28(22-20-27)30-24-32-31(34-30)23-29(33-32)14-11-6-4-2/h19-26H,3-18H2,1-2H3. The minimum atomic E-state index is 0.789. The van der Waals surface area contributed by atoms with Crippen LogP contribution >= 0.6 is 22.7 Å². The summed E-state index contributed by atoms with van der Waals surface area (Å²) in [5.41, 5.74) is 2.98. The number of aryl methyl sites for hydroxylation is 1. The monoisotopic (exact) mass is 494 g/mol. The molecule has 3 aromatic rings. The summed E-state index contributed by atoms with van der Waals surface area (Å²) in [6.45, 7) is 4.59. The predicted molar refractivity (Wildman–Crippen MR) is 156 cm³/mol. The van der Waals surface area contributed by atoms with Crippen LogP contribution in [0.1, 0.15) is 127 Å². The van der Waals surface area contributed by atoms with Crippen molar-refractivity contribution < 1.29 is 0 Å². The average molecular weight is 495 g/mol. The molecule has 1 aliphatic carbocycles. The third kappa shape index (κ3) is 7.44. The summed E-state index contributed by atoms with van der Waals surface area (Å²) in [6.07, 6.45) is 22.5. The molecule has 1 saturated carbocycles. The van der Waals surface area contributed by atoms with Crippen LogP contribution < -0.4 is 0 Å². The van der Waals surface area contributed by atoms with Crippen molar-refractivity contribution in [2.45, 2.75) is 122 Å². The minimum absolute atomic E-state index is 0.789. The molecular formula is C32H46S2. The van der Waals surface area contributed by atoms with Crippen LogP contribution in [-0.4, -0.2) is 0 Å². The second-order valence-corrected chi connectivity index (χ2v) is 13.0. The number of thiophene rings is 2. The Kier molecular flexibility index (Phi) is 10.6. The lowest BCUT2D eigenvalue weighted by atomic mass is 9.77. The van der Waals surface area contributed by atoms with E-state index in [9.17, 15) is 0 Å². The van der Waals surface area contributed by atoms with Crippen LogP contribution in [0, 0.1) is 5.92 Å². The Bertz CT molecular complexity index is 921. The van der Waals surface area contributed by atoms with E-state index in [1.165, 1.54) is 123 Å². The summed E-state index contributed by atoms with van der Waals surface area (Å²) >= 11 is 3.99. The first-order valence-corrected chi connectivity index (χ1v) is 16.0. The van der Waals surface area contributed by atoms with Crippen molar-refractivity contribution in [2.24, 2.45) is 5.92 Å². The number of rotatable bonds is 14. The maximum Gasteiger partial charge on any atom is 0.0460 e. The smallest absolute Gasteiger partial charge is 0.0460 e. The van der Waals surface area contributed by atoms with Crippen LogP contribution in [0.25, 0.3) is 19.8 Å². The zero-order valence-electron chi connectivity index (χ0n) is 21.7. The molecule has 0 saturated heterocycles. The molecular weight excluding hydrogens is 448 g/mol. The van der Waals surface area contributed by atoms with Gasteiger partial charge in [-0.05, 0) is 73.6 Å². The van der Waals surface area contributed by atoms with Crippen LogP contribution in [0.4, 0.5) is 0 Å². The number of hydrogen-bond donors (Lipinski definition) is 0. The number of fused-ring (bicyclic) bond motifs is 1. The Morgan fingerprint density at radius 1 is 0.676 bits per heavy atom. The minimum Gasteiger partial charge on any atom is -0.139 e. The summed E-state index contributed by atoms with van der Waals surface area (Å²) in [6, 6.07) is 14.5. The van der Waals surface area contributed by atoms with E-state index in [-0.39, 0.29) is 0 Å². The number of unbranched alkanes of at least 4 members (excludes halogenated alkanes) is 8. The van der Waals surface area contributed by atoms with E-state index in [1.807, 2.05) is 22.7 Å².